The molecule has 0 aliphatic rings. The van der Waals surface area contributed by atoms with E-state index in [1.807, 2.05) is 14.1 Å². The summed E-state index contributed by atoms with van der Waals surface area (Å²) >= 11 is 0. The Morgan fingerprint density at radius 3 is 2.35 bits per heavy atom. The number of aliphatic carboxylic acids is 1. The van der Waals surface area contributed by atoms with Crippen LogP contribution < -0.4 is 0 Å². The molecule has 1 unspecified atom stereocenters. The molecule has 0 heterocycles. The average Bonchev–Trinajstić information content (AvgIpc) is 2.25. The highest BCUT2D eigenvalue weighted by atomic mass is 16.4. The van der Waals surface area contributed by atoms with Crippen LogP contribution in [-0.2, 0) is 4.79 Å². The number of carboxylic acids is 1. The maximum Gasteiger partial charge on any atom is 0.303 e. The number of nitrogens with zero attached hydrogens (tertiary/aromatic N) is 1. The molecule has 1 rings (SSSR count). The van der Waals surface area contributed by atoms with Crippen molar-refractivity contribution in [3.05, 3.63) is 35.4 Å². The van der Waals surface area contributed by atoms with Crippen LogP contribution in [0.4, 0.5) is 0 Å². The number of carbonyl (C=O) groups is 1. The van der Waals surface area contributed by atoms with Gasteiger partial charge in [0.15, 0.2) is 0 Å². The molecule has 0 fully saturated rings. The first-order valence-corrected chi connectivity index (χ1v) is 5.95. The lowest BCUT2D eigenvalue weighted by atomic mass is 9.99. The lowest BCUT2D eigenvalue weighted by molar-refractivity contribution is -0.137. The molecule has 0 bridgehead atoms. The fourth-order valence-electron chi connectivity index (χ4n) is 1.96. The van der Waals surface area contributed by atoms with Crippen molar-refractivity contribution in [3.63, 3.8) is 0 Å². The molecule has 0 spiro atoms. The fourth-order valence-corrected chi connectivity index (χ4v) is 1.96. The predicted octanol–water partition coefficient (Wildman–Crippen LogP) is 2.85. The molecular weight excluding hydrogens is 214 g/mol. The van der Waals surface area contributed by atoms with E-state index < -0.39 is 5.97 Å². The number of hydrogen-bond donors (Lipinski definition) is 1. The van der Waals surface area contributed by atoms with Gasteiger partial charge in [0.1, 0.15) is 0 Å². The molecule has 3 nitrogen and oxygen atoms in total. The fraction of sp³-hybridized carbons (Fsp3) is 0.500. The Morgan fingerprint density at radius 1 is 1.29 bits per heavy atom. The minimum absolute atomic E-state index is 0.246. The second-order valence-electron chi connectivity index (χ2n) is 4.68. The summed E-state index contributed by atoms with van der Waals surface area (Å²) in [5.74, 6) is -0.716. The maximum absolute atomic E-state index is 10.5. The van der Waals surface area contributed by atoms with Gasteiger partial charge >= 0.3 is 5.97 Å². The van der Waals surface area contributed by atoms with E-state index in [2.05, 4.69) is 36.1 Å². The van der Waals surface area contributed by atoms with E-state index in [0.717, 1.165) is 6.42 Å². The van der Waals surface area contributed by atoms with Gasteiger partial charge in [-0.3, -0.25) is 4.79 Å². The summed E-state index contributed by atoms with van der Waals surface area (Å²) in [6.45, 7) is 2.07. The van der Waals surface area contributed by atoms with Crippen molar-refractivity contribution in [2.24, 2.45) is 0 Å². The molecule has 0 aromatic heterocycles. The van der Waals surface area contributed by atoms with E-state index in [9.17, 15) is 4.79 Å². The van der Waals surface area contributed by atoms with Crippen LogP contribution in [0.5, 0.6) is 0 Å². The van der Waals surface area contributed by atoms with Gasteiger partial charge in [-0.15, -0.1) is 0 Å². The molecular formula is C14H21NO2. The Labute approximate surface area is 103 Å². The Balaban J connectivity index is 2.65. The molecule has 17 heavy (non-hydrogen) atoms. The molecule has 0 aliphatic carbocycles. The Kier molecular flexibility index (Phi) is 5.16. The summed E-state index contributed by atoms with van der Waals surface area (Å²) in [5.41, 5.74) is 2.50. The summed E-state index contributed by atoms with van der Waals surface area (Å²) in [6.07, 6.45) is 1.84. The van der Waals surface area contributed by atoms with Crippen molar-refractivity contribution in [2.75, 3.05) is 14.1 Å². The zero-order valence-electron chi connectivity index (χ0n) is 10.8. The summed E-state index contributed by atoms with van der Waals surface area (Å²) in [5, 5.41) is 8.66. The van der Waals surface area contributed by atoms with E-state index >= 15 is 0 Å². The lowest BCUT2D eigenvalue weighted by Crippen LogP contribution is -2.20. The van der Waals surface area contributed by atoms with Gasteiger partial charge in [-0.2, -0.15) is 0 Å². The molecule has 0 saturated heterocycles. The van der Waals surface area contributed by atoms with Crippen molar-refractivity contribution in [3.8, 4) is 0 Å². The molecule has 1 aromatic carbocycles. The van der Waals surface area contributed by atoms with Crippen LogP contribution in [0.2, 0.25) is 0 Å². The van der Waals surface area contributed by atoms with Gasteiger partial charge in [-0.25, -0.2) is 0 Å². The van der Waals surface area contributed by atoms with Gasteiger partial charge < -0.3 is 10.0 Å². The van der Waals surface area contributed by atoms with Gasteiger partial charge in [-0.1, -0.05) is 29.8 Å². The van der Waals surface area contributed by atoms with Crippen LogP contribution in [0.15, 0.2) is 24.3 Å². The van der Waals surface area contributed by atoms with Gasteiger partial charge in [0.05, 0.1) is 0 Å². The second kappa shape index (κ2) is 6.40. The molecule has 0 saturated carbocycles. The molecule has 0 radical (unpaired) electrons. The topological polar surface area (TPSA) is 40.5 Å². The van der Waals surface area contributed by atoms with Gasteiger partial charge in [0, 0.05) is 12.5 Å². The number of benzene rings is 1. The molecule has 94 valence electrons. The van der Waals surface area contributed by atoms with Crippen LogP contribution >= 0.6 is 0 Å². The van der Waals surface area contributed by atoms with Gasteiger partial charge in [0.25, 0.3) is 0 Å². The molecule has 1 aromatic rings. The summed E-state index contributed by atoms with van der Waals surface area (Å²) < 4.78 is 0. The first-order valence-electron chi connectivity index (χ1n) is 5.95. The third-order valence-corrected chi connectivity index (χ3v) is 2.95. The summed E-state index contributed by atoms with van der Waals surface area (Å²) in [4.78, 5) is 12.7. The third kappa shape index (κ3) is 4.57. The van der Waals surface area contributed by atoms with Gasteiger partial charge in [-0.05, 0) is 39.4 Å². The van der Waals surface area contributed by atoms with E-state index in [1.54, 1.807) is 0 Å². The highest BCUT2D eigenvalue weighted by Gasteiger charge is 2.14. The van der Waals surface area contributed by atoms with E-state index in [1.165, 1.54) is 11.1 Å². The van der Waals surface area contributed by atoms with Crippen molar-refractivity contribution in [2.45, 2.75) is 32.2 Å². The molecule has 3 heteroatoms. The Morgan fingerprint density at radius 2 is 1.88 bits per heavy atom. The molecule has 0 amide bonds. The van der Waals surface area contributed by atoms with Gasteiger partial charge in [0.2, 0.25) is 0 Å². The Hall–Kier alpha value is -1.35. The van der Waals surface area contributed by atoms with Crippen molar-refractivity contribution >= 4 is 5.97 Å². The van der Waals surface area contributed by atoms with Crippen molar-refractivity contribution < 1.29 is 9.90 Å². The third-order valence-electron chi connectivity index (χ3n) is 2.95. The van der Waals surface area contributed by atoms with E-state index in [0.29, 0.717) is 12.5 Å². The zero-order valence-corrected chi connectivity index (χ0v) is 10.8. The van der Waals surface area contributed by atoms with Crippen LogP contribution in [0.25, 0.3) is 0 Å². The summed E-state index contributed by atoms with van der Waals surface area (Å²) in [7, 11) is 4.07. The highest BCUT2D eigenvalue weighted by molar-refractivity contribution is 5.66. The predicted molar refractivity (Wildman–Crippen MR) is 69.1 cm³/mol. The van der Waals surface area contributed by atoms with Crippen LogP contribution in [0.1, 0.15) is 36.4 Å². The minimum atomic E-state index is -0.716. The number of carboxylic acid groups (broad SMARTS) is 1. The standard InChI is InChI=1S/C14H21NO2/c1-11-7-9-12(10-8-11)13(15(2)3)5-4-6-14(16)17/h7-10,13H,4-6H2,1-3H3,(H,16,17). The number of rotatable bonds is 6. The smallest absolute Gasteiger partial charge is 0.303 e. The molecule has 1 N–H and O–H groups in total. The van der Waals surface area contributed by atoms with Crippen LogP contribution in [0.3, 0.4) is 0 Å². The number of hydrogen-bond acceptors (Lipinski definition) is 2. The first-order chi connectivity index (χ1) is 8.00. The lowest BCUT2D eigenvalue weighted by Gasteiger charge is -2.24. The van der Waals surface area contributed by atoms with Crippen molar-refractivity contribution in [1.29, 1.82) is 0 Å². The maximum atomic E-state index is 10.5. The number of aryl methyl sites for hydroxylation is 1. The van der Waals surface area contributed by atoms with Crippen molar-refractivity contribution in [1.82, 2.24) is 4.90 Å². The SMILES string of the molecule is Cc1ccc(C(CCCC(=O)O)N(C)C)cc1. The quantitative estimate of drug-likeness (QED) is 0.824. The monoisotopic (exact) mass is 235 g/mol. The summed E-state index contributed by atoms with van der Waals surface area (Å²) in [6, 6.07) is 8.75. The average molecular weight is 235 g/mol. The van der Waals surface area contributed by atoms with E-state index in [4.69, 9.17) is 5.11 Å². The molecule has 0 aliphatic heterocycles. The first kappa shape index (κ1) is 13.7. The Bertz CT molecular complexity index is 357. The largest absolute Gasteiger partial charge is 0.481 e. The normalized spacial score (nSPS) is 12.7. The second-order valence-corrected chi connectivity index (χ2v) is 4.68. The zero-order chi connectivity index (χ0) is 12.8. The van der Waals surface area contributed by atoms with Crippen LogP contribution in [0, 0.1) is 6.92 Å². The highest BCUT2D eigenvalue weighted by Crippen LogP contribution is 2.24. The molecule has 1 atom stereocenters. The van der Waals surface area contributed by atoms with Crippen LogP contribution in [-0.4, -0.2) is 30.1 Å². The minimum Gasteiger partial charge on any atom is -0.481 e. The van der Waals surface area contributed by atoms with E-state index in [-0.39, 0.29) is 6.42 Å².